The summed E-state index contributed by atoms with van der Waals surface area (Å²) in [4.78, 5) is 51.0. The molecule has 0 spiro atoms. The van der Waals surface area contributed by atoms with E-state index in [9.17, 15) is 45.5 Å². The number of hydrogen-bond donors (Lipinski definition) is 0. The zero-order valence-electron chi connectivity index (χ0n) is 18.2. The van der Waals surface area contributed by atoms with Gasteiger partial charge >= 0.3 is 12.4 Å². The second-order valence-corrected chi connectivity index (χ2v) is 7.98. The van der Waals surface area contributed by atoms with Gasteiger partial charge in [-0.2, -0.15) is 26.3 Å². The van der Waals surface area contributed by atoms with Crippen molar-refractivity contribution in [3.05, 3.63) is 69.8 Å². The summed E-state index contributed by atoms with van der Waals surface area (Å²) in [5, 5.41) is 0. The minimum absolute atomic E-state index is 0.125. The first kappa shape index (κ1) is 24.4. The molecule has 0 saturated heterocycles. The molecule has 0 atom stereocenters. The van der Waals surface area contributed by atoms with Crippen LogP contribution in [0.15, 0.2) is 36.4 Å². The highest BCUT2D eigenvalue weighted by Gasteiger charge is 2.73. The van der Waals surface area contributed by atoms with E-state index in [-0.39, 0.29) is 24.2 Å². The maximum Gasteiger partial charge on any atom is 0.411 e. The molecular formula is C23H16F6N2O4. The molecular weight excluding hydrogens is 482 g/mol. The first-order chi connectivity index (χ1) is 16.2. The Hall–Kier alpha value is -3.70. The number of carbonyl (C=O) groups is 4. The predicted octanol–water partition coefficient (Wildman–Crippen LogP) is 4.33. The van der Waals surface area contributed by atoms with E-state index < -0.39 is 63.7 Å². The Labute approximate surface area is 194 Å². The van der Waals surface area contributed by atoms with Gasteiger partial charge in [-0.15, -0.1) is 0 Å². The molecule has 2 heterocycles. The molecule has 2 aliphatic heterocycles. The van der Waals surface area contributed by atoms with Crippen molar-refractivity contribution in [2.45, 2.75) is 31.6 Å². The van der Waals surface area contributed by atoms with Crippen LogP contribution in [0, 0.1) is 0 Å². The van der Waals surface area contributed by atoms with Gasteiger partial charge in [-0.1, -0.05) is 12.1 Å². The van der Waals surface area contributed by atoms with Gasteiger partial charge in [-0.05, 0) is 49.2 Å². The Morgan fingerprint density at radius 2 is 0.886 bits per heavy atom. The summed E-state index contributed by atoms with van der Waals surface area (Å²) in [6.07, 6.45) is -12.0. The average Bonchev–Trinajstić information content (AvgIpc) is 3.15. The Morgan fingerprint density at radius 3 is 1.17 bits per heavy atom. The van der Waals surface area contributed by atoms with Gasteiger partial charge in [-0.3, -0.25) is 29.0 Å². The molecule has 0 N–H and O–H groups in total. The number of benzene rings is 2. The Kier molecular flexibility index (Phi) is 5.34. The maximum absolute atomic E-state index is 14.5. The maximum atomic E-state index is 14.5. The molecule has 2 aliphatic rings. The van der Waals surface area contributed by atoms with Gasteiger partial charge in [0.15, 0.2) is 0 Å². The number of carbonyl (C=O) groups excluding carboxylic acids is 4. The van der Waals surface area contributed by atoms with Crippen LogP contribution in [0.2, 0.25) is 0 Å². The lowest BCUT2D eigenvalue weighted by Gasteiger charge is -2.38. The zero-order chi connectivity index (χ0) is 26.1. The van der Waals surface area contributed by atoms with Gasteiger partial charge in [0.05, 0.1) is 22.3 Å². The van der Waals surface area contributed by atoms with Gasteiger partial charge < -0.3 is 0 Å². The number of imide groups is 2. The molecule has 0 fully saturated rings. The molecule has 0 aliphatic carbocycles. The highest BCUT2D eigenvalue weighted by molar-refractivity contribution is 6.22. The molecule has 35 heavy (non-hydrogen) atoms. The van der Waals surface area contributed by atoms with Crippen LogP contribution in [-0.2, 0) is 5.41 Å². The van der Waals surface area contributed by atoms with Crippen LogP contribution >= 0.6 is 0 Å². The van der Waals surface area contributed by atoms with E-state index in [2.05, 4.69) is 0 Å². The van der Waals surface area contributed by atoms with Crippen LogP contribution in [0.4, 0.5) is 26.3 Å². The number of fused-ring (bicyclic) bond motifs is 2. The molecule has 4 rings (SSSR count). The first-order valence-electron chi connectivity index (χ1n) is 10.4. The zero-order valence-corrected chi connectivity index (χ0v) is 18.2. The first-order valence-corrected chi connectivity index (χ1v) is 10.4. The number of amides is 4. The number of rotatable bonds is 4. The molecule has 4 amide bonds. The van der Waals surface area contributed by atoms with Crippen molar-refractivity contribution in [3.63, 3.8) is 0 Å². The number of nitrogens with zero attached hydrogens (tertiary/aromatic N) is 2. The highest BCUT2D eigenvalue weighted by atomic mass is 19.4. The van der Waals surface area contributed by atoms with Crippen molar-refractivity contribution in [1.29, 1.82) is 0 Å². The highest BCUT2D eigenvalue weighted by Crippen LogP contribution is 2.57. The van der Waals surface area contributed by atoms with Gasteiger partial charge in [0.2, 0.25) is 5.41 Å². The van der Waals surface area contributed by atoms with Crippen molar-refractivity contribution in [3.8, 4) is 0 Å². The lowest BCUT2D eigenvalue weighted by Crippen LogP contribution is -2.55. The molecule has 184 valence electrons. The van der Waals surface area contributed by atoms with Crippen molar-refractivity contribution in [2.75, 3.05) is 13.1 Å². The van der Waals surface area contributed by atoms with Crippen LogP contribution < -0.4 is 0 Å². The summed E-state index contributed by atoms with van der Waals surface area (Å²) in [5.74, 6) is -3.68. The monoisotopic (exact) mass is 498 g/mol. The number of halogens is 6. The summed E-state index contributed by atoms with van der Waals surface area (Å²) in [6.45, 7) is 2.61. The van der Waals surface area contributed by atoms with Gasteiger partial charge in [0.1, 0.15) is 0 Å². The third-order valence-corrected chi connectivity index (χ3v) is 6.29. The Balaban J connectivity index is 2.02. The average molecular weight is 498 g/mol. The van der Waals surface area contributed by atoms with Crippen molar-refractivity contribution in [2.24, 2.45) is 0 Å². The number of alkyl halides is 6. The smallest absolute Gasteiger partial charge is 0.275 e. The Morgan fingerprint density at radius 1 is 0.571 bits per heavy atom. The van der Waals surface area contributed by atoms with E-state index in [0.29, 0.717) is 34.1 Å². The van der Waals surface area contributed by atoms with Crippen LogP contribution in [0.3, 0.4) is 0 Å². The van der Waals surface area contributed by atoms with Crippen LogP contribution in [0.1, 0.15) is 66.4 Å². The molecule has 12 heteroatoms. The third-order valence-electron chi connectivity index (χ3n) is 6.29. The fraction of sp³-hybridized carbons (Fsp3) is 0.304. The second-order valence-electron chi connectivity index (χ2n) is 7.98. The van der Waals surface area contributed by atoms with Crippen molar-refractivity contribution >= 4 is 23.6 Å². The molecule has 0 saturated carbocycles. The summed E-state index contributed by atoms with van der Waals surface area (Å²) >= 11 is 0. The topological polar surface area (TPSA) is 74.8 Å². The van der Waals surface area contributed by atoms with E-state index in [1.807, 2.05) is 0 Å². The summed E-state index contributed by atoms with van der Waals surface area (Å²) in [5.41, 5.74) is -9.15. The molecule has 0 unspecified atom stereocenters. The quantitative estimate of drug-likeness (QED) is 0.465. The van der Waals surface area contributed by atoms with Gasteiger partial charge in [-0.25, -0.2) is 0 Å². The second kappa shape index (κ2) is 7.65. The fourth-order valence-corrected chi connectivity index (χ4v) is 4.60. The summed E-state index contributed by atoms with van der Waals surface area (Å²) in [6, 6.07) is 3.36. The Bertz CT molecular complexity index is 1200. The van der Waals surface area contributed by atoms with E-state index in [0.717, 1.165) is 12.1 Å². The lowest BCUT2D eigenvalue weighted by atomic mass is 9.71. The minimum atomic E-state index is -5.99. The number of hydrogen-bond acceptors (Lipinski definition) is 4. The lowest BCUT2D eigenvalue weighted by molar-refractivity contribution is -0.288. The van der Waals surface area contributed by atoms with E-state index in [4.69, 9.17) is 0 Å². The van der Waals surface area contributed by atoms with E-state index in [1.165, 1.54) is 13.8 Å². The van der Waals surface area contributed by atoms with Gasteiger partial charge in [0.25, 0.3) is 23.6 Å². The molecule has 0 bridgehead atoms. The van der Waals surface area contributed by atoms with Crippen molar-refractivity contribution in [1.82, 2.24) is 9.80 Å². The van der Waals surface area contributed by atoms with Crippen LogP contribution in [0.5, 0.6) is 0 Å². The van der Waals surface area contributed by atoms with Crippen molar-refractivity contribution < 1.29 is 45.5 Å². The van der Waals surface area contributed by atoms with Crippen LogP contribution in [0.25, 0.3) is 0 Å². The predicted molar refractivity (Wildman–Crippen MR) is 108 cm³/mol. The minimum Gasteiger partial charge on any atom is -0.275 e. The van der Waals surface area contributed by atoms with Gasteiger partial charge in [0, 0.05) is 13.1 Å². The molecule has 0 aromatic heterocycles. The third kappa shape index (κ3) is 3.11. The standard InChI is InChI=1S/C23H16F6N2O4/c1-3-30-17(32)13-7-5-11(9-15(13)19(30)34)21(22(24,25)26,23(27,28)29)12-6-8-14-16(10-12)20(35)31(4-2)18(14)33/h5-10H,3-4H2,1-2H3. The largest absolute Gasteiger partial charge is 0.411 e. The fourth-order valence-electron chi connectivity index (χ4n) is 4.60. The van der Waals surface area contributed by atoms with E-state index >= 15 is 0 Å². The normalized spacial score (nSPS) is 16.3. The molecule has 2 aromatic rings. The van der Waals surface area contributed by atoms with Crippen LogP contribution in [-0.4, -0.2) is 58.9 Å². The SMILES string of the molecule is CCN1C(=O)c2ccc(C(c3ccc4c(c3)C(=O)N(CC)C4=O)(C(F)(F)F)C(F)(F)F)cc2C1=O. The molecule has 2 aromatic carbocycles. The summed E-state index contributed by atoms with van der Waals surface area (Å²) in [7, 11) is 0. The van der Waals surface area contributed by atoms with E-state index in [1.54, 1.807) is 0 Å². The summed E-state index contributed by atoms with van der Waals surface area (Å²) < 4.78 is 87.2. The molecule has 6 nitrogen and oxygen atoms in total. The molecule has 0 radical (unpaired) electrons.